The molecule has 4 nitrogen and oxygen atoms in total. The molecule has 0 aliphatic heterocycles. The van der Waals surface area contributed by atoms with E-state index in [9.17, 15) is 0 Å². The average molecular weight is 386 g/mol. The Labute approximate surface area is 129 Å². The molecule has 0 unspecified atom stereocenters. The van der Waals surface area contributed by atoms with Gasteiger partial charge in [0.15, 0.2) is 0 Å². The highest BCUT2D eigenvalue weighted by Crippen LogP contribution is 2.32. The molecule has 0 radical (unpaired) electrons. The van der Waals surface area contributed by atoms with Crippen LogP contribution >= 0.6 is 31.9 Å². The smallest absolute Gasteiger partial charge is 0.139 e. The van der Waals surface area contributed by atoms with Crippen molar-refractivity contribution in [3.8, 4) is 0 Å². The largest absolute Gasteiger partial charge is 0.383 e. The second-order valence-electron chi connectivity index (χ2n) is 4.43. The Balaban J connectivity index is 2.44. The lowest BCUT2D eigenvalue weighted by Gasteiger charge is -2.15. The van der Waals surface area contributed by atoms with E-state index in [0.717, 1.165) is 26.0 Å². The van der Waals surface area contributed by atoms with Crippen LogP contribution in [0.1, 0.15) is 25.3 Å². The van der Waals surface area contributed by atoms with Crippen molar-refractivity contribution < 1.29 is 0 Å². The molecule has 19 heavy (non-hydrogen) atoms. The number of hydrogen-bond acceptors (Lipinski definition) is 4. The zero-order chi connectivity index (χ0) is 14.0. The second-order valence-corrected chi connectivity index (χ2v) is 6.20. The fraction of sp³-hybridized carbons (Fsp3) is 0.231. The molecule has 0 aliphatic carbocycles. The van der Waals surface area contributed by atoms with Gasteiger partial charge in [-0.3, -0.25) is 0 Å². The van der Waals surface area contributed by atoms with Gasteiger partial charge in [0.1, 0.15) is 18.0 Å². The SMILES string of the molecule is CC(C)c1c(N)ncnc1Nc1cc(Br)ccc1Br. The van der Waals surface area contributed by atoms with Crippen LogP contribution in [0.5, 0.6) is 0 Å². The van der Waals surface area contributed by atoms with Crippen LogP contribution in [0, 0.1) is 0 Å². The third-order valence-electron chi connectivity index (χ3n) is 2.67. The molecular weight excluding hydrogens is 372 g/mol. The number of nitrogens with two attached hydrogens (primary N) is 1. The first kappa shape index (κ1) is 14.3. The number of nitrogen functional groups attached to an aromatic ring is 1. The van der Waals surface area contributed by atoms with Crippen molar-refractivity contribution in [2.75, 3.05) is 11.1 Å². The van der Waals surface area contributed by atoms with Gasteiger partial charge in [0.25, 0.3) is 0 Å². The fourth-order valence-corrected chi connectivity index (χ4v) is 2.51. The number of aromatic nitrogens is 2. The summed E-state index contributed by atoms with van der Waals surface area (Å²) in [4.78, 5) is 8.34. The summed E-state index contributed by atoms with van der Waals surface area (Å²) in [5.41, 5.74) is 7.78. The van der Waals surface area contributed by atoms with Gasteiger partial charge in [-0.25, -0.2) is 9.97 Å². The Bertz CT molecular complexity index is 599. The highest BCUT2D eigenvalue weighted by Gasteiger charge is 2.14. The van der Waals surface area contributed by atoms with Crippen molar-refractivity contribution in [1.82, 2.24) is 9.97 Å². The van der Waals surface area contributed by atoms with Crippen molar-refractivity contribution in [2.24, 2.45) is 0 Å². The first-order chi connectivity index (χ1) is 8.99. The summed E-state index contributed by atoms with van der Waals surface area (Å²) < 4.78 is 1.95. The summed E-state index contributed by atoms with van der Waals surface area (Å²) in [6, 6.07) is 5.91. The van der Waals surface area contributed by atoms with Crippen molar-refractivity contribution in [3.05, 3.63) is 39.0 Å². The first-order valence-electron chi connectivity index (χ1n) is 5.81. The quantitative estimate of drug-likeness (QED) is 0.818. The van der Waals surface area contributed by atoms with Gasteiger partial charge in [-0.1, -0.05) is 29.8 Å². The first-order valence-corrected chi connectivity index (χ1v) is 7.40. The molecule has 2 aromatic rings. The van der Waals surface area contributed by atoms with Crippen LogP contribution in [0.25, 0.3) is 0 Å². The Hall–Kier alpha value is -1.14. The maximum atomic E-state index is 5.93. The number of anilines is 3. The highest BCUT2D eigenvalue weighted by molar-refractivity contribution is 9.11. The lowest BCUT2D eigenvalue weighted by atomic mass is 10.0. The molecule has 0 saturated carbocycles. The Morgan fingerprint density at radius 1 is 1.21 bits per heavy atom. The van der Waals surface area contributed by atoms with E-state index in [1.54, 1.807) is 0 Å². The number of halogens is 2. The van der Waals surface area contributed by atoms with Crippen LogP contribution in [0.4, 0.5) is 17.3 Å². The summed E-state index contributed by atoms with van der Waals surface area (Å²) >= 11 is 6.96. The molecule has 0 saturated heterocycles. The Morgan fingerprint density at radius 2 is 1.95 bits per heavy atom. The molecule has 3 N–H and O–H groups in total. The highest BCUT2D eigenvalue weighted by atomic mass is 79.9. The number of rotatable bonds is 3. The monoisotopic (exact) mass is 384 g/mol. The van der Waals surface area contributed by atoms with Crippen molar-refractivity contribution in [1.29, 1.82) is 0 Å². The van der Waals surface area contributed by atoms with Crippen LogP contribution in [0.15, 0.2) is 33.5 Å². The minimum Gasteiger partial charge on any atom is -0.383 e. The molecule has 0 amide bonds. The summed E-state index contributed by atoms with van der Waals surface area (Å²) in [5.74, 6) is 1.49. The third kappa shape index (κ3) is 3.25. The van der Waals surface area contributed by atoms with Crippen LogP contribution in [0.3, 0.4) is 0 Å². The predicted octanol–water partition coefficient (Wildman–Crippen LogP) is 4.45. The van der Waals surface area contributed by atoms with E-state index in [0.29, 0.717) is 5.82 Å². The molecule has 0 aliphatic rings. The van der Waals surface area contributed by atoms with E-state index in [2.05, 4.69) is 61.0 Å². The standard InChI is InChI=1S/C13H14Br2N4/c1-7(2)11-12(16)17-6-18-13(11)19-10-5-8(14)3-4-9(10)15/h3-7H,1-2H3,(H3,16,17,18,19). The average Bonchev–Trinajstić information content (AvgIpc) is 2.33. The lowest BCUT2D eigenvalue weighted by Crippen LogP contribution is -2.06. The zero-order valence-corrected chi connectivity index (χ0v) is 13.8. The molecular formula is C13H14Br2N4. The van der Waals surface area contributed by atoms with Gasteiger partial charge in [-0.05, 0) is 40.0 Å². The second kappa shape index (κ2) is 5.88. The number of nitrogens with one attached hydrogen (secondary N) is 1. The van der Waals surface area contributed by atoms with Crippen LogP contribution in [-0.4, -0.2) is 9.97 Å². The zero-order valence-electron chi connectivity index (χ0n) is 10.6. The maximum Gasteiger partial charge on any atom is 0.139 e. The van der Waals surface area contributed by atoms with E-state index >= 15 is 0 Å². The molecule has 2 rings (SSSR count). The van der Waals surface area contributed by atoms with Gasteiger partial charge in [-0.2, -0.15) is 0 Å². The molecule has 0 spiro atoms. The summed E-state index contributed by atoms with van der Waals surface area (Å²) in [5, 5.41) is 3.30. The minimum absolute atomic E-state index is 0.245. The van der Waals surface area contributed by atoms with Gasteiger partial charge >= 0.3 is 0 Å². The molecule has 0 bridgehead atoms. The van der Waals surface area contributed by atoms with E-state index < -0.39 is 0 Å². The van der Waals surface area contributed by atoms with Crippen LogP contribution < -0.4 is 11.1 Å². The normalized spacial score (nSPS) is 10.8. The molecule has 6 heteroatoms. The Kier molecular flexibility index (Phi) is 4.42. The van der Waals surface area contributed by atoms with Gasteiger partial charge in [0, 0.05) is 14.5 Å². The lowest BCUT2D eigenvalue weighted by molar-refractivity contribution is 0.855. The van der Waals surface area contributed by atoms with E-state index in [1.165, 1.54) is 6.33 Å². The van der Waals surface area contributed by atoms with Gasteiger partial charge in [-0.15, -0.1) is 0 Å². The molecule has 0 fully saturated rings. The Morgan fingerprint density at radius 3 is 2.63 bits per heavy atom. The fourth-order valence-electron chi connectivity index (χ4n) is 1.80. The van der Waals surface area contributed by atoms with Crippen LogP contribution in [0.2, 0.25) is 0 Å². The predicted molar refractivity (Wildman–Crippen MR) is 85.7 cm³/mol. The number of benzene rings is 1. The number of nitrogens with zero attached hydrogens (tertiary/aromatic N) is 2. The number of hydrogen-bond donors (Lipinski definition) is 2. The summed E-state index contributed by atoms with van der Waals surface area (Å²) in [7, 11) is 0. The van der Waals surface area contributed by atoms with Gasteiger partial charge in [0.2, 0.25) is 0 Å². The molecule has 1 aromatic carbocycles. The maximum absolute atomic E-state index is 5.93. The van der Waals surface area contributed by atoms with E-state index in [1.807, 2.05) is 18.2 Å². The van der Waals surface area contributed by atoms with Crippen molar-refractivity contribution >= 4 is 49.2 Å². The molecule has 1 aromatic heterocycles. The molecule has 0 atom stereocenters. The minimum atomic E-state index is 0.245. The van der Waals surface area contributed by atoms with Crippen LogP contribution in [-0.2, 0) is 0 Å². The van der Waals surface area contributed by atoms with Gasteiger partial charge < -0.3 is 11.1 Å². The molecule has 100 valence electrons. The van der Waals surface area contributed by atoms with Gasteiger partial charge in [0.05, 0.1) is 5.69 Å². The summed E-state index contributed by atoms with van der Waals surface area (Å²) in [6.07, 6.45) is 1.47. The molecule has 1 heterocycles. The van der Waals surface area contributed by atoms with Crippen molar-refractivity contribution in [3.63, 3.8) is 0 Å². The van der Waals surface area contributed by atoms with E-state index in [-0.39, 0.29) is 5.92 Å². The van der Waals surface area contributed by atoms with E-state index in [4.69, 9.17) is 5.73 Å². The third-order valence-corrected chi connectivity index (χ3v) is 3.86. The van der Waals surface area contributed by atoms with Crippen molar-refractivity contribution in [2.45, 2.75) is 19.8 Å². The summed E-state index contributed by atoms with van der Waals surface area (Å²) in [6.45, 7) is 4.13. The topological polar surface area (TPSA) is 63.8 Å².